The van der Waals surface area contributed by atoms with Crippen molar-refractivity contribution in [1.82, 2.24) is 14.8 Å². The summed E-state index contributed by atoms with van der Waals surface area (Å²) < 4.78 is 7.74. The van der Waals surface area contributed by atoms with Crippen LogP contribution in [0.1, 0.15) is 35.2 Å². The van der Waals surface area contributed by atoms with E-state index in [1.54, 1.807) is 29.2 Å². The summed E-state index contributed by atoms with van der Waals surface area (Å²) in [7, 11) is 1.84. The van der Waals surface area contributed by atoms with Crippen molar-refractivity contribution in [3.8, 4) is 17.1 Å². The first-order chi connectivity index (χ1) is 15.1. The van der Waals surface area contributed by atoms with Gasteiger partial charge in [-0.05, 0) is 56.0 Å². The Morgan fingerprint density at radius 1 is 1.13 bits per heavy atom. The van der Waals surface area contributed by atoms with Crippen LogP contribution in [-0.2, 0) is 7.05 Å². The quantitative estimate of drug-likeness (QED) is 0.600. The summed E-state index contributed by atoms with van der Waals surface area (Å²) in [6.45, 7) is 3.44. The summed E-state index contributed by atoms with van der Waals surface area (Å²) in [5, 5.41) is 7.62. The molecule has 0 spiro atoms. The Balaban J connectivity index is 1.56. The van der Waals surface area contributed by atoms with Gasteiger partial charge >= 0.3 is 0 Å². The highest BCUT2D eigenvalue weighted by Crippen LogP contribution is 2.34. The van der Waals surface area contributed by atoms with Gasteiger partial charge in [0.15, 0.2) is 0 Å². The maximum absolute atomic E-state index is 13.1. The summed E-state index contributed by atoms with van der Waals surface area (Å²) in [6, 6.07) is 9.64. The molecule has 2 aliphatic rings. The molecule has 2 aromatic heterocycles. The first-order valence-corrected chi connectivity index (χ1v) is 10.5. The maximum Gasteiger partial charge on any atom is 0.280 e. The van der Waals surface area contributed by atoms with Crippen LogP contribution < -0.4 is 15.0 Å². The number of carbonyl (C=O) groups is 1. The number of nitrogens with one attached hydrogen (secondary N) is 1. The second-order valence-corrected chi connectivity index (χ2v) is 7.86. The van der Waals surface area contributed by atoms with Crippen molar-refractivity contribution in [2.45, 2.75) is 26.2 Å². The Hall–Kier alpha value is -3.68. The van der Waals surface area contributed by atoms with Crippen LogP contribution in [0.5, 0.6) is 5.88 Å². The van der Waals surface area contributed by atoms with Gasteiger partial charge < -0.3 is 15.0 Å². The minimum atomic E-state index is -0.318. The van der Waals surface area contributed by atoms with Gasteiger partial charge in [0.05, 0.1) is 35.4 Å². The number of amides is 1. The minimum absolute atomic E-state index is 0.318. The van der Waals surface area contributed by atoms with E-state index in [9.17, 15) is 4.79 Å². The molecule has 2 aliphatic heterocycles. The number of aryl methyl sites for hydroxylation is 2. The molecule has 0 unspecified atom stereocenters. The zero-order valence-corrected chi connectivity index (χ0v) is 17.6. The topological polar surface area (TPSA) is 84.6 Å². The normalized spacial score (nSPS) is 17.8. The minimum Gasteiger partial charge on any atom is -0.477 e. The van der Waals surface area contributed by atoms with Crippen LogP contribution in [0.2, 0.25) is 0 Å². The molecule has 0 aliphatic carbocycles. The van der Waals surface area contributed by atoms with Gasteiger partial charge in [-0.3, -0.25) is 9.78 Å². The number of hydrogen-bond acceptors (Lipinski definition) is 6. The molecule has 1 N–H and O–H groups in total. The number of benzene rings is 1. The fraction of sp³-hybridized carbons (Fsp3) is 0.304. The summed E-state index contributed by atoms with van der Waals surface area (Å²) in [4.78, 5) is 24.0. The molecule has 1 amide bonds. The van der Waals surface area contributed by atoms with Crippen LogP contribution in [-0.4, -0.2) is 39.8 Å². The van der Waals surface area contributed by atoms with Gasteiger partial charge in [0, 0.05) is 25.4 Å². The van der Waals surface area contributed by atoms with E-state index in [0.717, 1.165) is 42.7 Å². The van der Waals surface area contributed by atoms with E-state index in [1.165, 1.54) is 5.56 Å². The standard InChI is InChI=1S/C23H24N6O2/c1-15-6-7-18-20(12-15)29-10-4-3-5-11-31-22-17(14-25-28(22)2)19-13-16(8-9-24-19)21(30)27-23(29)26-18/h6-9,12-14H,3-5,10-11H2,1-2H3,(H,26,27,30). The van der Waals surface area contributed by atoms with Crippen LogP contribution in [0.25, 0.3) is 11.3 Å². The summed E-state index contributed by atoms with van der Waals surface area (Å²) in [5.41, 5.74) is 5.07. The zero-order chi connectivity index (χ0) is 21.4. The Morgan fingerprint density at radius 2 is 2.03 bits per heavy atom. The van der Waals surface area contributed by atoms with Gasteiger partial charge in [0.1, 0.15) is 0 Å². The molecular weight excluding hydrogens is 392 g/mol. The summed E-state index contributed by atoms with van der Waals surface area (Å²) in [6.07, 6.45) is 6.22. The van der Waals surface area contributed by atoms with Crippen molar-refractivity contribution in [2.75, 3.05) is 23.4 Å². The lowest BCUT2D eigenvalue weighted by Gasteiger charge is -2.19. The van der Waals surface area contributed by atoms with Crippen LogP contribution >= 0.6 is 0 Å². The average molecular weight is 416 g/mol. The maximum atomic E-state index is 13.1. The van der Waals surface area contributed by atoms with Crippen LogP contribution in [0.3, 0.4) is 0 Å². The molecule has 3 aromatic rings. The second-order valence-electron chi connectivity index (χ2n) is 7.86. The number of aliphatic imine (C=N–C) groups is 1. The fourth-order valence-corrected chi connectivity index (χ4v) is 3.95. The Kier molecular flexibility index (Phi) is 4.89. The number of nitrogens with zero attached hydrogens (tertiary/aromatic N) is 5. The SMILES string of the molecule is Cc1ccc2c(c1)N1CCCCCOc3c(cnn3C)-c3cc(ccn3)C(=O)/N=C/1N2. The smallest absolute Gasteiger partial charge is 0.280 e. The third-order valence-electron chi connectivity index (χ3n) is 5.59. The number of hydrogen-bond donors (Lipinski definition) is 1. The monoisotopic (exact) mass is 416 g/mol. The largest absolute Gasteiger partial charge is 0.477 e. The third-order valence-corrected chi connectivity index (χ3v) is 5.59. The van der Waals surface area contributed by atoms with E-state index < -0.39 is 0 Å². The van der Waals surface area contributed by atoms with Crippen molar-refractivity contribution in [3.63, 3.8) is 0 Å². The Bertz CT molecular complexity index is 1180. The first kappa shape index (κ1) is 19.3. The van der Waals surface area contributed by atoms with Crippen LogP contribution in [0.15, 0.2) is 47.7 Å². The van der Waals surface area contributed by atoms with Gasteiger partial charge in [0.2, 0.25) is 11.8 Å². The van der Waals surface area contributed by atoms with Gasteiger partial charge in [-0.1, -0.05) is 6.07 Å². The van der Waals surface area contributed by atoms with Gasteiger partial charge in [-0.25, -0.2) is 4.68 Å². The molecule has 31 heavy (non-hydrogen) atoms. The molecular formula is C23H24N6O2. The van der Waals surface area contributed by atoms with Crippen LogP contribution in [0.4, 0.5) is 11.4 Å². The lowest BCUT2D eigenvalue weighted by atomic mass is 10.1. The highest BCUT2D eigenvalue weighted by atomic mass is 16.5. The number of ether oxygens (including phenoxy) is 1. The molecule has 0 atom stereocenters. The third kappa shape index (κ3) is 3.65. The molecule has 0 fully saturated rings. The molecule has 8 heteroatoms. The molecule has 0 saturated carbocycles. The summed E-state index contributed by atoms with van der Waals surface area (Å²) in [5.74, 6) is 0.907. The van der Waals surface area contributed by atoms with Crippen molar-refractivity contribution < 1.29 is 9.53 Å². The van der Waals surface area contributed by atoms with E-state index in [0.29, 0.717) is 29.7 Å². The number of carbonyl (C=O) groups excluding carboxylic acids is 1. The molecule has 8 nitrogen and oxygen atoms in total. The van der Waals surface area contributed by atoms with Gasteiger partial charge in [0.25, 0.3) is 5.91 Å². The molecule has 5 rings (SSSR count). The van der Waals surface area contributed by atoms with E-state index >= 15 is 0 Å². The molecule has 4 heterocycles. The lowest BCUT2D eigenvalue weighted by Crippen LogP contribution is -2.32. The highest BCUT2D eigenvalue weighted by Gasteiger charge is 2.26. The molecule has 0 radical (unpaired) electrons. The predicted octanol–water partition coefficient (Wildman–Crippen LogP) is 3.78. The molecule has 0 saturated heterocycles. The van der Waals surface area contributed by atoms with E-state index in [-0.39, 0.29) is 5.91 Å². The Morgan fingerprint density at radius 3 is 2.94 bits per heavy atom. The molecule has 158 valence electrons. The van der Waals surface area contributed by atoms with Gasteiger partial charge in [-0.2, -0.15) is 10.1 Å². The summed E-state index contributed by atoms with van der Waals surface area (Å²) >= 11 is 0. The number of guanidine groups is 1. The number of anilines is 2. The van der Waals surface area contributed by atoms with E-state index in [2.05, 4.69) is 44.3 Å². The van der Waals surface area contributed by atoms with Crippen LogP contribution in [0, 0.1) is 6.92 Å². The van der Waals surface area contributed by atoms with Crippen molar-refractivity contribution in [3.05, 3.63) is 53.9 Å². The van der Waals surface area contributed by atoms with Gasteiger partial charge in [-0.15, -0.1) is 0 Å². The van der Waals surface area contributed by atoms with E-state index in [4.69, 9.17) is 4.74 Å². The lowest BCUT2D eigenvalue weighted by molar-refractivity contribution is 0.100. The number of aromatic nitrogens is 3. The second kappa shape index (κ2) is 7.86. The first-order valence-electron chi connectivity index (χ1n) is 10.5. The number of rotatable bonds is 0. The van der Waals surface area contributed by atoms with Crippen molar-refractivity contribution >= 4 is 23.2 Å². The predicted molar refractivity (Wildman–Crippen MR) is 120 cm³/mol. The molecule has 1 aromatic carbocycles. The average Bonchev–Trinajstić information content (AvgIpc) is 3.30. The fourth-order valence-electron chi connectivity index (χ4n) is 3.95. The zero-order valence-electron chi connectivity index (χ0n) is 17.6. The van der Waals surface area contributed by atoms with Crippen molar-refractivity contribution in [1.29, 1.82) is 0 Å². The van der Waals surface area contributed by atoms with Crippen molar-refractivity contribution in [2.24, 2.45) is 12.0 Å². The molecule has 2 bridgehead atoms. The number of pyridine rings is 1. The van der Waals surface area contributed by atoms with E-state index in [1.807, 2.05) is 13.1 Å². The Labute approximate surface area is 180 Å². The highest BCUT2D eigenvalue weighted by molar-refractivity contribution is 6.19. The number of fused-ring (bicyclic) bond motifs is 7.